The number of rotatable bonds is 10. The minimum atomic E-state index is -2.85. The van der Waals surface area contributed by atoms with Crippen molar-refractivity contribution >= 4 is 9.84 Å². The van der Waals surface area contributed by atoms with E-state index >= 15 is 0 Å². The first-order valence-electron chi connectivity index (χ1n) is 6.91. The fourth-order valence-corrected chi connectivity index (χ4v) is 3.08. The van der Waals surface area contributed by atoms with Crippen LogP contribution in [0.4, 0.5) is 0 Å². The Morgan fingerprint density at radius 3 is 2.50 bits per heavy atom. The van der Waals surface area contributed by atoms with Crippen molar-refractivity contribution in [3.05, 3.63) is 0 Å². The summed E-state index contributed by atoms with van der Waals surface area (Å²) < 4.78 is 27.9. The molecule has 1 saturated carbocycles. The minimum Gasteiger partial charge on any atom is -0.380 e. The van der Waals surface area contributed by atoms with Crippen molar-refractivity contribution in [1.82, 2.24) is 5.32 Å². The first-order valence-corrected chi connectivity index (χ1v) is 8.98. The monoisotopic (exact) mass is 277 g/mol. The number of methoxy groups -OCH3 is 1. The number of hydrogen-bond acceptors (Lipinski definition) is 4. The lowest BCUT2D eigenvalue weighted by molar-refractivity contribution is 0.0482. The van der Waals surface area contributed by atoms with Gasteiger partial charge in [0.1, 0.15) is 9.84 Å². The van der Waals surface area contributed by atoms with Gasteiger partial charge in [-0.25, -0.2) is 8.42 Å². The Bertz CT molecular complexity index is 325. The van der Waals surface area contributed by atoms with Gasteiger partial charge in [-0.2, -0.15) is 0 Å². The molecule has 0 aromatic carbocycles. The Balaban J connectivity index is 2.43. The molecule has 0 heterocycles. The van der Waals surface area contributed by atoms with Crippen molar-refractivity contribution in [2.75, 3.05) is 25.7 Å². The summed E-state index contributed by atoms with van der Waals surface area (Å²) in [5.74, 6) is 0.945. The third-order valence-electron chi connectivity index (χ3n) is 3.44. The molecular weight excluding hydrogens is 250 g/mol. The Labute approximate surface area is 111 Å². The van der Waals surface area contributed by atoms with Gasteiger partial charge in [-0.3, -0.25) is 0 Å². The fourth-order valence-electron chi connectivity index (χ4n) is 2.39. The van der Waals surface area contributed by atoms with Crippen molar-refractivity contribution in [2.24, 2.45) is 5.92 Å². The van der Waals surface area contributed by atoms with E-state index in [1.165, 1.54) is 19.1 Å². The molecule has 0 aliphatic heterocycles. The summed E-state index contributed by atoms with van der Waals surface area (Å²) >= 11 is 0. The predicted octanol–water partition coefficient (Wildman–Crippen LogP) is 1.60. The number of sulfone groups is 1. The van der Waals surface area contributed by atoms with Gasteiger partial charge in [0, 0.05) is 25.2 Å². The molecule has 0 bridgehead atoms. The van der Waals surface area contributed by atoms with E-state index < -0.39 is 9.84 Å². The Morgan fingerprint density at radius 2 is 2.06 bits per heavy atom. The van der Waals surface area contributed by atoms with Crippen LogP contribution in [0.25, 0.3) is 0 Å². The minimum absolute atomic E-state index is 0.246. The summed E-state index contributed by atoms with van der Waals surface area (Å²) in [7, 11) is -1.08. The second-order valence-electron chi connectivity index (χ2n) is 5.37. The molecular formula is C13H27NO3S. The highest BCUT2D eigenvalue weighted by molar-refractivity contribution is 7.90. The van der Waals surface area contributed by atoms with E-state index in [0.717, 1.165) is 19.4 Å². The first kappa shape index (κ1) is 15.9. The van der Waals surface area contributed by atoms with Gasteiger partial charge in [0.2, 0.25) is 0 Å². The van der Waals surface area contributed by atoms with Gasteiger partial charge in [-0.05, 0) is 44.6 Å². The number of nitrogens with one attached hydrogen (secondary N) is 1. The maximum atomic E-state index is 11.2. The SMILES string of the molecule is CCCNC(CCCS(C)(=O)=O)C(OC)C1CC1. The van der Waals surface area contributed by atoms with Crippen molar-refractivity contribution in [3.63, 3.8) is 0 Å². The van der Waals surface area contributed by atoms with E-state index in [0.29, 0.717) is 18.4 Å². The van der Waals surface area contributed by atoms with Crippen LogP contribution in [-0.2, 0) is 14.6 Å². The average Bonchev–Trinajstić information content (AvgIpc) is 3.08. The lowest BCUT2D eigenvalue weighted by Crippen LogP contribution is -2.42. The van der Waals surface area contributed by atoms with E-state index in [4.69, 9.17) is 4.74 Å². The highest BCUT2D eigenvalue weighted by Crippen LogP contribution is 2.36. The molecule has 2 unspecified atom stereocenters. The van der Waals surface area contributed by atoms with E-state index in [2.05, 4.69) is 12.2 Å². The van der Waals surface area contributed by atoms with Crippen molar-refractivity contribution in [1.29, 1.82) is 0 Å². The molecule has 0 radical (unpaired) electrons. The van der Waals surface area contributed by atoms with Crippen LogP contribution >= 0.6 is 0 Å². The largest absolute Gasteiger partial charge is 0.380 e. The zero-order chi connectivity index (χ0) is 13.6. The normalized spacial score (nSPS) is 19.7. The second-order valence-corrected chi connectivity index (χ2v) is 7.63. The molecule has 1 N–H and O–H groups in total. The van der Waals surface area contributed by atoms with Crippen LogP contribution in [0.1, 0.15) is 39.0 Å². The quantitative estimate of drug-likeness (QED) is 0.659. The van der Waals surface area contributed by atoms with Gasteiger partial charge < -0.3 is 10.1 Å². The lowest BCUT2D eigenvalue weighted by Gasteiger charge is -2.27. The molecule has 0 aromatic rings. The van der Waals surface area contributed by atoms with Gasteiger partial charge in [0.15, 0.2) is 0 Å². The van der Waals surface area contributed by atoms with Gasteiger partial charge in [0.25, 0.3) is 0 Å². The topological polar surface area (TPSA) is 55.4 Å². The van der Waals surface area contributed by atoms with Gasteiger partial charge in [0.05, 0.1) is 6.10 Å². The van der Waals surface area contributed by atoms with Crippen molar-refractivity contribution in [2.45, 2.75) is 51.2 Å². The zero-order valence-electron chi connectivity index (χ0n) is 11.8. The Kier molecular flexibility index (Phi) is 6.60. The molecule has 0 saturated heterocycles. The fraction of sp³-hybridized carbons (Fsp3) is 1.00. The summed E-state index contributed by atoms with van der Waals surface area (Å²) in [4.78, 5) is 0. The molecule has 108 valence electrons. The molecule has 1 fully saturated rings. The lowest BCUT2D eigenvalue weighted by atomic mass is 10.0. The van der Waals surface area contributed by atoms with Crippen LogP contribution in [0.5, 0.6) is 0 Å². The van der Waals surface area contributed by atoms with Gasteiger partial charge >= 0.3 is 0 Å². The summed E-state index contributed by atoms with van der Waals surface area (Å²) in [6.07, 6.45) is 6.72. The van der Waals surface area contributed by atoms with Crippen LogP contribution in [0, 0.1) is 5.92 Å². The molecule has 1 aliphatic rings. The molecule has 1 aliphatic carbocycles. The molecule has 0 aromatic heterocycles. The van der Waals surface area contributed by atoms with Gasteiger partial charge in [-0.1, -0.05) is 6.92 Å². The predicted molar refractivity (Wildman–Crippen MR) is 74.5 cm³/mol. The van der Waals surface area contributed by atoms with E-state index in [1.54, 1.807) is 7.11 Å². The standard InChI is InChI=1S/C13H27NO3S/c1-4-9-14-12(6-5-10-18(3,15)16)13(17-2)11-7-8-11/h11-14H,4-10H2,1-3H3. The molecule has 0 spiro atoms. The van der Waals surface area contributed by atoms with Gasteiger partial charge in [-0.15, -0.1) is 0 Å². The third kappa shape index (κ3) is 6.16. The average molecular weight is 277 g/mol. The summed E-state index contributed by atoms with van der Waals surface area (Å²) in [5, 5.41) is 3.51. The molecule has 4 nitrogen and oxygen atoms in total. The Hall–Kier alpha value is -0.130. The van der Waals surface area contributed by atoms with Crippen molar-refractivity contribution in [3.8, 4) is 0 Å². The maximum Gasteiger partial charge on any atom is 0.147 e. The zero-order valence-corrected chi connectivity index (χ0v) is 12.6. The molecule has 18 heavy (non-hydrogen) atoms. The maximum absolute atomic E-state index is 11.2. The summed E-state index contributed by atoms with van der Waals surface area (Å²) in [6, 6.07) is 0.296. The molecule has 2 atom stereocenters. The van der Waals surface area contributed by atoms with E-state index in [9.17, 15) is 8.42 Å². The number of hydrogen-bond donors (Lipinski definition) is 1. The van der Waals surface area contributed by atoms with E-state index in [-0.39, 0.29) is 11.9 Å². The Morgan fingerprint density at radius 1 is 1.39 bits per heavy atom. The van der Waals surface area contributed by atoms with Crippen LogP contribution in [0.2, 0.25) is 0 Å². The summed E-state index contributed by atoms with van der Waals surface area (Å²) in [5.41, 5.74) is 0. The van der Waals surface area contributed by atoms with Crippen LogP contribution in [0.3, 0.4) is 0 Å². The third-order valence-corrected chi connectivity index (χ3v) is 4.47. The van der Waals surface area contributed by atoms with Crippen LogP contribution in [-0.4, -0.2) is 46.2 Å². The number of ether oxygens (including phenoxy) is 1. The summed E-state index contributed by atoms with van der Waals surface area (Å²) in [6.45, 7) is 3.11. The van der Waals surface area contributed by atoms with Crippen molar-refractivity contribution < 1.29 is 13.2 Å². The van der Waals surface area contributed by atoms with Crippen LogP contribution in [0.15, 0.2) is 0 Å². The highest BCUT2D eigenvalue weighted by atomic mass is 32.2. The van der Waals surface area contributed by atoms with Crippen LogP contribution < -0.4 is 5.32 Å². The smallest absolute Gasteiger partial charge is 0.147 e. The van der Waals surface area contributed by atoms with E-state index in [1.807, 2.05) is 0 Å². The molecule has 5 heteroatoms. The first-order chi connectivity index (χ1) is 8.48. The molecule has 1 rings (SSSR count). The highest BCUT2D eigenvalue weighted by Gasteiger charge is 2.36. The second kappa shape index (κ2) is 7.46. The molecule has 0 amide bonds.